The number of carbonyl (C=O) groups excluding carboxylic acids is 1. The largest absolute Gasteiger partial charge is 0.434 e. The molecule has 1 aliphatic heterocycles. The number of hydrogen-bond donors (Lipinski definition) is 1. The van der Waals surface area contributed by atoms with E-state index in [1.165, 1.54) is 24.8 Å². The van der Waals surface area contributed by atoms with E-state index in [2.05, 4.69) is 22.6 Å². The number of nitriles is 1. The molecule has 3 rings (SSSR count). The van der Waals surface area contributed by atoms with Gasteiger partial charge in [-0.2, -0.15) is 31.6 Å². The summed E-state index contributed by atoms with van der Waals surface area (Å²) < 4.78 is 78.3. The van der Waals surface area contributed by atoms with Crippen molar-refractivity contribution in [1.29, 1.82) is 5.26 Å². The van der Waals surface area contributed by atoms with E-state index >= 15 is 0 Å². The van der Waals surface area contributed by atoms with Crippen molar-refractivity contribution < 1.29 is 31.1 Å². The molecule has 6 nitrogen and oxygen atoms in total. The van der Waals surface area contributed by atoms with E-state index in [-0.39, 0.29) is 5.69 Å². The number of thiol groups is 1. The highest BCUT2D eigenvalue weighted by molar-refractivity contribution is 7.81. The van der Waals surface area contributed by atoms with Crippen LogP contribution in [0.15, 0.2) is 30.5 Å². The molecule has 1 aliphatic rings. The number of anilines is 2. The molecule has 1 aromatic heterocycles. The molecule has 0 N–H and O–H groups in total. The summed E-state index contributed by atoms with van der Waals surface area (Å²) in [5, 5.41) is 8.88. The van der Waals surface area contributed by atoms with Crippen LogP contribution >= 0.6 is 12.6 Å². The number of amides is 1. The summed E-state index contributed by atoms with van der Waals surface area (Å²) in [6, 6.07) is 5.24. The molecule has 0 bridgehead atoms. The van der Waals surface area contributed by atoms with Crippen LogP contribution in [0.4, 0.5) is 38.0 Å². The Balaban J connectivity index is 2.06. The Labute approximate surface area is 177 Å². The van der Waals surface area contributed by atoms with Crippen LogP contribution in [0.3, 0.4) is 0 Å². The molecule has 1 saturated heterocycles. The summed E-state index contributed by atoms with van der Waals surface area (Å²) in [4.78, 5) is 22.2. The molecule has 1 aromatic carbocycles. The average molecular weight is 461 g/mol. The van der Waals surface area contributed by atoms with Gasteiger partial charge in [-0.15, -0.1) is 12.6 Å². The number of aromatic nitrogens is 2. The Kier molecular flexibility index (Phi) is 5.34. The zero-order chi connectivity index (χ0) is 23.4. The van der Waals surface area contributed by atoms with E-state index in [1.54, 1.807) is 0 Å². The highest BCUT2D eigenvalue weighted by Crippen LogP contribution is 2.41. The molecule has 0 spiro atoms. The smallest absolute Gasteiger partial charge is 0.328 e. The standard InChI is InChI=1S/C18H13F6N5OS/c1-16(2)13(30)28(14-26-8-9(7-25)12(27-14)18(22,23)24)15(31)29(16)11-5-3-10(4-6-11)17(19,20)21/h3-6,8,15,31H,1-2H3. The lowest BCUT2D eigenvalue weighted by molar-refractivity contribution is -0.141. The highest BCUT2D eigenvalue weighted by Gasteiger charge is 2.53. The Morgan fingerprint density at radius 1 is 1.10 bits per heavy atom. The Morgan fingerprint density at radius 3 is 2.16 bits per heavy atom. The van der Waals surface area contributed by atoms with Crippen LogP contribution in [-0.4, -0.2) is 26.9 Å². The van der Waals surface area contributed by atoms with Gasteiger partial charge in [0.05, 0.1) is 11.8 Å². The number of benzene rings is 1. The van der Waals surface area contributed by atoms with Gasteiger partial charge < -0.3 is 4.90 Å². The lowest BCUT2D eigenvalue weighted by Gasteiger charge is -2.33. The van der Waals surface area contributed by atoms with Crippen LogP contribution < -0.4 is 9.80 Å². The SMILES string of the molecule is CC1(C)C(=O)N(c2ncc(C#N)c(C(F)(F)F)n2)C(S)N1c1ccc(C(F)(F)F)cc1. The van der Waals surface area contributed by atoms with Crippen molar-refractivity contribution in [3.63, 3.8) is 0 Å². The van der Waals surface area contributed by atoms with Gasteiger partial charge in [0.15, 0.2) is 11.2 Å². The second-order valence-electron chi connectivity index (χ2n) is 7.04. The fourth-order valence-corrected chi connectivity index (χ4v) is 3.78. The Bertz CT molecular complexity index is 1060. The average Bonchev–Trinajstić information content (AvgIpc) is 2.84. The number of rotatable bonds is 2. The fourth-order valence-electron chi connectivity index (χ4n) is 3.15. The number of halogens is 6. The van der Waals surface area contributed by atoms with E-state index in [0.717, 1.165) is 29.2 Å². The molecule has 0 radical (unpaired) electrons. The molecule has 31 heavy (non-hydrogen) atoms. The molecule has 0 aliphatic carbocycles. The van der Waals surface area contributed by atoms with Crippen molar-refractivity contribution in [3.8, 4) is 6.07 Å². The molecule has 1 unspecified atom stereocenters. The predicted octanol–water partition coefficient (Wildman–Crippen LogP) is 4.23. The van der Waals surface area contributed by atoms with Gasteiger partial charge in [0.2, 0.25) is 5.95 Å². The van der Waals surface area contributed by atoms with E-state index in [0.29, 0.717) is 6.20 Å². The van der Waals surface area contributed by atoms with Crippen molar-refractivity contribution in [1.82, 2.24) is 9.97 Å². The minimum absolute atomic E-state index is 0.179. The van der Waals surface area contributed by atoms with Gasteiger partial charge in [-0.25, -0.2) is 14.9 Å². The van der Waals surface area contributed by atoms with Gasteiger partial charge in [0.25, 0.3) is 5.91 Å². The number of carbonyl (C=O) groups is 1. The van der Waals surface area contributed by atoms with Crippen LogP contribution in [0, 0.1) is 11.3 Å². The molecule has 13 heteroatoms. The predicted molar refractivity (Wildman–Crippen MR) is 100 cm³/mol. The first-order valence-electron chi connectivity index (χ1n) is 8.52. The van der Waals surface area contributed by atoms with Gasteiger partial charge in [-0.1, -0.05) is 0 Å². The van der Waals surface area contributed by atoms with Gasteiger partial charge in [-0.3, -0.25) is 4.79 Å². The van der Waals surface area contributed by atoms with E-state index in [9.17, 15) is 31.1 Å². The fraction of sp³-hybridized carbons (Fsp3) is 0.333. The monoisotopic (exact) mass is 461 g/mol. The zero-order valence-corrected chi connectivity index (χ0v) is 16.7. The maximum absolute atomic E-state index is 13.3. The van der Waals surface area contributed by atoms with Crippen LogP contribution in [0.5, 0.6) is 0 Å². The molecule has 0 saturated carbocycles. The second kappa shape index (κ2) is 7.30. The van der Waals surface area contributed by atoms with Crippen molar-refractivity contribution in [2.24, 2.45) is 0 Å². The van der Waals surface area contributed by atoms with Gasteiger partial charge in [0, 0.05) is 5.69 Å². The summed E-state index contributed by atoms with van der Waals surface area (Å²) in [6.45, 7) is 2.87. The first kappa shape index (κ1) is 22.7. The van der Waals surface area contributed by atoms with E-state index in [1.807, 2.05) is 0 Å². The number of hydrogen-bond acceptors (Lipinski definition) is 6. The van der Waals surface area contributed by atoms with Gasteiger partial charge in [-0.05, 0) is 38.1 Å². The quantitative estimate of drug-likeness (QED) is 0.535. The Hall–Kier alpha value is -3.01. The zero-order valence-electron chi connectivity index (χ0n) is 15.8. The third-order valence-corrected chi connectivity index (χ3v) is 5.12. The maximum atomic E-state index is 13.3. The summed E-state index contributed by atoms with van der Waals surface area (Å²) in [6.07, 6.45) is -8.89. The van der Waals surface area contributed by atoms with E-state index < -0.39 is 52.1 Å². The Morgan fingerprint density at radius 2 is 1.68 bits per heavy atom. The van der Waals surface area contributed by atoms with Crippen LogP contribution in [0.1, 0.15) is 30.7 Å². The minimum atomic E-state index is -4.97. The molecule has 2 heterocycles. The van der Waals surface area contributed by atoms with Gasteiger partial charge in [0.1, 0.15) is 17.2 Å². The number of nitrogens with zero attached hydrogens (tertiary/aromatic N) is 5. The second-order valence-corrected chi connectivity index (χ2v) is 7.50. The first-order valence-corrected chi connectivity index (χ1v) is 9.04. The van der Waals surface area contributed by atoms with Crippen molar-refractivity contribution in [3.05, 3.63) is 47.3 Å². The van der Waals surface area contributed by atoms with Crippen LogP contribution in [0.2, 0.25) is 0 Å². The molecule has 1 atom stereocenters. The van der Waals surface area contributed by atoms with Crippen LogP contribution in [0.25, 0.3) is 0 Å². The molecule has 1 amide bonds. The molecule has 164 valence electrons. The molecular formula is C18H13F6N5OS. The lowest BCUT2D eigenvalue weighted by atomic mass is 10.0. The third kappa shape index (κ3) is 3.87. The lowest BCUT2D eigenvalue weighted by Crippen LogP contribution is -2.44. The summed E-state index contributed by atoms with van der Waals surface area (Å²) in [5.41, 5.74) is -5.69. The van der Waals surface area contributed by atoms with Crippen molar-refractivity contribution >= 4 is 30.2 Å². The van der Waals surface area contributed by atoms with Gasteiger partial charge >= 0.3 is 12.4 Å². The van der Waals surface area contributed by atoms with Crippen LogP contribution in [-0.2, 0) is 17.1 Å². The normalized spacial score (nSPS) is 19.0. The third-order valence-electron chi connectivity index (χ3n) is 4.66. The highest BCUT2D eigenvalue weighted by atomic mass is 32.1. The maximum Gasteiger partial charge on any atom is 0.434 e. The first-order chi connectivity index (χ1) is 14.2. The van der Waals surface area contributed by atoms with Crippen molar-refractivity contribution in [2.45, 2.75) is 37.2 Å². The molecular weight excluding hydrogens is 448 g/mol. The molecule has 1 fully saturated rings. The minimum Gasteiger partial charge on any atom is -0.328 e. The van der Waals surface area contributed by atoms with Crippen molar-refractivity contribution in [2.75, 3.05) is 9.80 Å². The molecule has 2 aromatic rings. The summed E-state index contributed by atoms with van der Waals surface area (Å²) >= 11 is 4.30. The summed E-state index contributed by atoms with van der Waals surface area (Å²) in [5.74, 6) is -1.37. The number of alkyl halides is 6. The summed E-state index contributed by atoms with van der Waals surface area (Å²) in [7, 11) is 0. The topological polar surface area (TPSA) is 73.1 Å². The van der Waals surface area contributed by atoms with E-state index in [4.69, 9.17) is 5.26 Å².